The third kappa shape index (κ3) is 3.52. The molecule has 134 valence electrons. The lowest BCUT2D eigenvalue weighted by Crippen LogP contribution is -2.17. The molecule has 1 aromatic carbocycles. The number of amides is 2. The van der Waals surface area contributed by atoms with E-state index in [2.05, 4.69) is 20.7 Å². The van der Waals surface area contributed by atoms with Gasteiger partial charge in [-0.25, -0.2) is 0 Å². The number of benzene rings is 1. The summed E-state index contributed by atoms with van der Waals surface area (Å²) in [7, 11) is 0. The van der Waals surface area contributed by atoms with Gasteiger partial charge >= 0.3 is 0 Å². The van der Waals surface area contributed by atoms with Crippen molar-refractivity contribution in [3.05, 3.63) is 77.0 Å². The molecule has 27 heavy (non-hydrogen) atoms. The number of nitrogens with one attached hydrogen (secondary N) is 1. The SMILES string of the molecule is Cc1cc(NC(=O)Cc2ccc(C3=C4C=CC=CC4C(=O)N=N3)cc2)on1. The van der Waals surface area contributed by atoms with Crippen molar-refractivity contribution in [3.8, 4) is 0 Å². The van der Waals surface area contributed by atoms with Crippen LogP contribution in [0.1, 0.15) is 16.8 Å². The van der Waals surface area contributed by atoms with Crippen molar-refractivity contribution in [2.45, 2.75) is 13.3 Å². The van der Waals surface area contributed by atoms with Gasteiger partial charge in [0.1, 0.15) is 0 Å². The number of nitrogens with zero attached hydrogens (tertiary/aromatic N) is 3. The number of allylic oxidation sites excluding steroid dienone is 3. The molecule has 1 N–H and O–H groups in total. The van der Waals surface area contributed by atoms with Crippen LogP contribution in [0.4, 0.5) is 5.88 Å². The maximum absolute atomic E-state index is 12.1. The number of fused-ring (bicyclic) bond motifs is 1. The first-order valence-electron chi connectivity index (χ1n) is 8.47. The Morgan fingerprint density at radius 2 is 2.00 bits per heavy atom. The third-order valence-electron chi connectivity index (χ3n) is 4.30. The van der Waals surface area contributed by atoms with Gasteiger partial charge in [0.05, 0.1) is 23.7 Å². The Bertz CT molecular complexity index is 1030. The fraction of sp³-hybridized carbons (Fsp3) is 0.150. The topological polar surface area (TPSA) is 96.9 Å². The van der Waals surface area contributed by atoms with Crippen LogP contribution < -0.4 is 5.32 Å². The molecule has 7 heteroatoms. The summed E-state index contributed by atoms with van der Waals surface area (Å²) in [6.07, 6.45) is 7.62. The Kier molecular flexibility index (Phi) is 4.33. The van der Waals surface area contributed by atoms with Gasteiger partial charge in [-0.3, -0.25) is 14.9 Å². The van der Waals surface area contributed by atoms with E-state index in [4.69, 9.17) is 4.52 Å². The number of rotatable bonds is 4. The van der Waals surface area contributed by atoms with Crippen molar-refractivity contribution in [2.24, 2.45) is 16.1 Å². The van der Waals surface area contributed by atoms with Gasteiger partial charge in [0.2, 0.25) is 11.8 Å². The highest BCUT2D eigenvalue weighted by molar-refractivity contribution is 5.92. The Morgan fingerprint density at radius 1 is 1.19 bits per heavy atom. The first kappa shape index (κ1) is 16.8. The summed E-state index contributed by atoms with van der Waals surface area (Å²) in [5.41, 5.74) is 3.91. The summed E-state index contributed by atoms with van der Waals surface area (Å²) >= 11 is 0. The van der Waals surface area contributed by atoms with E-state index in [9.17, 15) is 9.59 Å². The first-order valence-corrected chi connectivity index (χ1v) is 8.47. The lowest BCUT2D eigenvalue weighted by molar-refractivity contribution is -0.120. The lowest BCUT2D eigenvalue weighted by Gasteiger charge is -2.19. The van der Waals surface area contributed by atoms with Gasteiger partial charge in [-0.1, -0.05) is 53.7 Å². The minimum absolute atomic E-state index is 0.190. The molecular weight excluding hydrogens is 344 g/mol. The molecule has 4 rings (SSSR count). The molecule has 0 radical (unpaired) electrons. The lowest BCUT2D eigenvalue weighted by atomic mass is 9.89. The number of hydrogen-bond donors (Lipinski definition) is 1. The molecule has 2 heterocycles. The highest BCUT2D eigenvalue weighted by Crippen LogP contribution is 2.34. The molecule has 1 unspecified atom stereocenters. The van der Waals surface area contributed by atoms with E-state index >= 15 is 0 Å². The molecule has 1 aliphatic heterocycles. The van der Waals surface area contributed by atoms with Gasteiger partial charge in [0.25, 0.3) is 5.91 Å². The van der Waals surface area contributed by atoms with E-state index < -0.39 is 0 Å². The fourth-order valence-electron chi connectivity index (χ4n) is 3.00. The van der Waals surface area contributed by atoms with Gasteiger partial charge in [0.15, 0.2) is 0 Å². The molecule has 2 aliphatic rings. The Balaban J connectivity index is 1.50. The largest absolute Gasteiger partial charge is 0.338 e. The van der Waals surface area contributed by atoms with Gasteiger partial charge in [0, 0.05) is 11.6 Å². The average molecular weight is 360 g/mol. The zero-order chi connectivity index (χ0) is 18.8. The highest BCUT2D eigenvalue weighted by atomic mass is 16.5. The number of azo groups is 1. The van der Waals surface area contributed by atoms with Crippen LogP contribution in [0.3, 0.4) is 0 Å². The second-order valence-electron chi connectivity index (χ2n) is 6.32. The van der Waals surface area contributed by atoms with Gasteiger partial charge in [-0.2, -0.15) is 0 Å². The van der Waals surface area contributed by atoms with Crippen LogP contribution in [0.15, 0.2) is 75.0 Å². The Labute approximate surface area is 155 Å². The molecule has 1 aromatic heterocycles. The molecular formula is C20H16N4O3. The molecule has 0 fully saturated rings. The van der Waals surface area contributed by atoms with Crippen LogP contribution in [-0.4, -0.2) is 17.0 Å². The molecule has 0 saturated carbocycles. The second kappa shape index (κ2) is 6.95. The Morgan fingerprint density at radius 3 is 2.74 bits per heavy atom. The van der Waals surface area contributed by atoms with E-state index in [0.717, 1.165) is 16.7 Å². The van der Waals surface area contributed by atoms with Crippen LogP contribution >= 0.6 is 0 Å². The third-order valence-corrected chi connectivity index (χ3v) is 4.30. The predicted molar refractivity (Wildman–Crippen MR) is 98.6 cm³/mol. The van der Waals surface area contributed by atoms with Gasteiger partial charge < -0.3 is 4.52 Å². The predicted octanol–water partition coefficient (Wildman–Crippen LogP) is 3.61. The number of aromatic nitrogens is 1. The summed E-state index contributed by atoms with van der Waals surface area (Å²) in [6.45, 7) is 1.78. The van der Waals surface area contributed by atoms with E-state index in [1.165, 1.54) is 0 Å². The zero-order valence-electron chi connectivity index (χ0n) is 14.5. The van der Waals surface area contributed by atoms with E-state index in [0.29, 0.717) is 17.3 Å². The summed E-state index contributed by atoms with van der Waals surface area (Å²) < 4.78 is 4.98. The molecule has 2 aromatic rings. The minimum atomic E-state index is -0.377. The summed E-state index contributed by atoms with van der Waals surface area (Å²) in [5, 5.41) is 14.2. The number of anilines is 1. The van der Waals surface area contributed by atoms with E-state index in [1.54, 1.807) is 13.0 Å². The molecule has 2 amide bonds. The number of carbonyl (C=O) groups is 2. The summed E-state index contributed by atoms with van der Waals surface area (Å²) in [4.78, 5) is 24.0. The number of hydrogen-bond acceptors (Lipinski definition) is 5. The van der Waals surface area contributed by atoms with Crippen LogP contribution in [0.2, 0.25) is 0 Å². The normalized spacial score (nSPS) is 18.0. The van der Waals surface area contributed by atoms with Crippen molar-refractivity contribution in [2.75, 3.05) is 5.32 Å². The van der Waals surface area contributed by atoms with Crippen LogP contribution in [0, 0.1) is 12.8 Å². The maximum atomic E-state index is 12.1. The second-order valence-corrected chi connectivity index (χ2v) is 6.32. The molecule has 0 spiro atoms. The van der Waals surface area contributed by atoms with Crippen molar-refractivity contribution < 1.29 is 14.1 Å². The molecule has 1 aliphatic carbocycles. The molecule has 0 bridgehead atoms. The maximum Gasteiger partial charge on any atom is 0.276 e. The average Bonchev–Trinajstić information content (AvgIpc) is 3.08. The molecule has 0 saturated heterocycles. The first-order chi connectivity index (χ1) is 13.1. The summed E-state index contributed by atoms with van der Waals surface area (Å²) in [5.74, 6) is -0.496. The zero-order valence-corrected chi connectivity index (χ0v) is 14.5. The fourth-order valence-corrected chi connectivity index (χ4v) is 3.00. The van der Waals surface area contributed by atoms with Crippen molar-refractivity contribution in [1.82, 2.24) is 5.16 Å². The van der Waals surface area contributed by atoms with Crippen LogP contribution in [0.25, 0.3) is 5.70 Å². The quantitative estimate of drug-likeness (QED) is 0.900. The number of aryl methyl sites for hydroxylation is 1. The number of carbonyl (C=O) groups excluding carboxylic acids is 2. The van der Waals surface area contributed by atoms with E-state index in [1.807, 2.05) is 48.6 Å². The van der Waals surface area contributed by atoms with Crippen molar-refractivity contribution in [3.63, 3.8) is 0 Å². The molecule has 7 nitrogen and oxygen atoms in total. The highest BCUT2D eigenvalue weighted by Gasteiger charge is 2.27. The van der Waals surface area contributed by atoms with Crippen LogP contribution in [-0.2, 0) is 16.0 Å². The standard InChI is InChI=1S/C20H16N4O3/c1-12-10-18(27-24-12)21-17(25)11-13-6-8-14(9-7-13)19-15-4-2-3-5-16(15)20(26)23-22-19/h2-10,16H,11H2,1H3,(H,21,25). The minimum Gasteiger partial charge on any atom is -0.338 e. The summed E-state index contributed by atoms with van der Waals surface area (Å²) in [6, 6.07) is 9.13. The smallest absolute Gasteiger partial charge is 0.276 e. The monoisotopic (exact) mass is 360 g/mol. The van der Waals surface area contributed by atoms with Crippen LogP contribution in [0.5, 0.6) is 0 Å². The van der Waals surface area contributed by atoms with Gasteiger partial charge in [-0.05, 0) is 18.1 Å². The van der Waals surface area contributed by atoms with E-state index in [-0.39, 0.29) is 24.2 Å². The Hall–Kier alpha value is -3.61. The van der Waals surface area contributed by atoms with Gasteiger partial charge in [-0.15, -0.1) is 10.2 Å². The molecule has 1 atom stereocenters. The van der Waals surface area contributed by atoms with Crippen molar-refractivity contribution in [1.29, 1.82) is 0 Å². The van der Waals surface area contributed by atoms with Crippen molar-refractivity contribution >= 4 is 23.4 Å².